The summed E-state index contributed by atoms with van der Waals surface area (Å²) in [6.07, 6.45) is 9.64. The van der Waals surface area contributed by atoms with E-state index in [1.807, 2.05) is 0 Å². The molecular formula is C11H23IN2+2. The van der Waals surface area contributed by atoms with Gasteiger partial charge in [0.25, 0.3) is 5.82 Å². The monoisotopic (exact) mass is 310 g/mol. The van der Waals surface area contributed by atoms with Gasteiger partial charge in [-0.3, -0.25) is 0 Å². The fraction of sp³-hybridized carbons (Fsp3) is 0.727. The van der Waals surface area contributed by atoms with Crippen molar-refractivity contribution >= 4 is 0 Å². The second kappa shape index (κ2) is 7.26. The molecule has 0 saturated heterocycles. The molecule has 0 aromatic carbocycles. The zero-order valence-corrected chi connectivity index (χ0v) is 12.1. The van der Waals surface area contributed by atoms with Gasteiger partial charge in [0.15, 0.2) is 0 Å². The van der Waals surface area contributed by atoms with Gasteiger partial charge in [-0.2, -0.15) is 0 Å². The van der Waals surface area contributed by atoms with Crippen molar-refractivity contribution in [3.63, 3.8) is 0 Å². The van der Waals surface area contributed by atoms with Gasteiger partial charge in [0, 0.05) is 6.92 Å². The number of imidazole rings is 1. The van der Waals surface area contributed by atoms with E-state index in [1.54, 1.807) is 0 Å². The summed E-state index contributed by atoms with van der Waals surface area (Å²) in [4.78, 5) is 0. The van der Waals surface area contributed by atoms with Crippen LogP contribution in [0.2, 0.25) is 0 Å². The molecular weight excluding hydrogens is 287 g/mol. The van der Waals surface area contributed by atoms with Crippen LogP contribution in [-0.2, 0) is 13.6 Å². The second-order valence-corrected chi connectivity index (χ2v) is 3.71. The van der Waals surface area contributed by atoms with Crippen LogP contribution in [0.1, 0.15) is 38.4 Å². The van der Waals surface area contributed by atoms with Gasteiger partial charge in [-0.05, 0) is 12.8 Å². The molecule has 14 heavy (non-hydrogen) atoms. The average molecular weight is 310 g/mol. The van der Waals surface area contributed by atoms with Crippen LogP contribution in [0.3, 0.4) is 0 Å². The summed E-state index contributed by atoms with van der Waals surface area (Å²) in [5.74, 6) is 1.34. The minimum absolute atomic E-state index is 0. The molecule has 0 aliphatic carbocycles. The number of nitrogens with zero attached hydrogens (tertiary/aromatic N) is 2. The molecule has 2 nitrogen and oxygen atoms in total. The Morgan fingerprint density at radius 3 is 2.50 bits per heavy atom. The first kappa shape index (κ1) is 13.9. The molecule has 1 aromatic heterocycles. The van der Waals surface area contributed by atoms with E-state index in [2.05, 4.69) is 42.4 Å². The number of unbranched alkanes of at least 4 members (excludes halogenated alkanes) is 3. The molecule has 0 radical (unpaired) electrons. The van der Waals surface area contributed by atoms with Crippen molar-refractivity contribution in [3.8, 4) is 0 Å². The maximum Gasteiger partial charge on any atom is 0.253 e. The largest absolute Gasteiger partial charge is 0.253 e. The van der Waals surface area contributed by atoms with Gasteiger partial charge < -0.3 is 0 Å². The first-order valence-electron chi connectivity index (χ1n) is 5.27. The summed E-state index contributed by atoms with van der Waals surface area (Å²) >= 11 is 0. The molecule has 0 unspecified atom stereocenters. The lowest BCUT2D eigenvalue weighted by molar-refractivity contribution is -0.677. The van der Waals surface area contributed by atoms with Crippen molar-refractivity contribution in [1.82, 2.24) is 4.57 Å². The van der Waals surface area contributed by atoms with E-state index in [4.69, 9.17) is 0 Å². The highest BCUT2D eigenvalue weighted by atomic mass is 127. The van der Waals surface area contributed by atoms with Crippen LogP contribution in [0.4, 0.5) is 0 Å². The van der Waals surface area contributed by atoms with Gasteiger partial charge in [-0.15, -0.1) is 0 Å². The van der Waals surface area contributed by atoms with Crippen molar-refractivity contribution in [1.29, 1.82) is 0 Å². The topological polar surface area (TPSA) is 8.81 Å². The van der Waals surface area contributed by atoms with Gasteiger partial charge in [-0.25, -0.2) is 9.13 Å². The van der Waals surface area contributed by atoms with Crippen LogP contribution >= 0.6 is 0 Å². The zero-order chi connectivity index (χ0) is 9.68. The predicted molar refractivity (Wildman–Crippen MR) is 57.3 cm³/mol. The van der Waals surface area contributed by atoms with Gasteiger partial charge in [0.05, 0.1) is 13.6 Å². The Labute approximate surface area is 104 Å². The number of rotatable bonds is 5. The average Bonchev–Trinajstić information content (AvgIpc) is 2.43. The molecule has 0 atom stereocenters. The van der Waals surface area contributed by atoms with E-state index in [9.17, 15) is 0 Å². The van der Waals surface area contributed by atoms with Crippen molar-refractivity contribution in [2.75, 3.05) is 0 Å². The highest BCUT2D eigenvalue weighted by molar-refractivity contribution is 4.78. The molecule has 3 heteroatoms. The van der Waals surface area contributed by atoms with E-state index in [0.717, 1.165) is 0 Å². The molecule has 1 aromatic rings. The standard InChI is InChI=1S/C11H21N2.H2I/c1-4-5-6-7-8-13-10-9-12(3)11(13)2;/h9-10H,4-8H2,1-3H3;1H2/q2*+1. The highest BCUT2D eigenvalue weighted by Gasteiger charge is 2.06. The first-order chi connectivity index (χ1) is 6.25. The van der Waals surface area contributed by atoms with Crippen LogP contribution in [0.15, 0.2) is 12.4 Å². The Kier molecular flexibility index (Phi) is 7.23. The van der Waals surface area contributed by atoms with Gasteiger partial charge in [-0.1, -0.05) is 19.8 Å². The molecule has 0 saturated carbocycles. The Balaban J connectivity index is 0.00000169. The summed E-state index contributed by atoms with van der Waals surface area (Å²) in [6.45, 7) is 5.59. The lowest BCUT2D eigenvalue weighted by Crippen LogP contribution is -3.00. The van der Waals surface area contributed by atoms with E-state index >= 15 is 0 Å². The second-order valence-electron chi connectivity index (χ2n) is 3.71. The van der Waals surface area contributed by atoms with E-state index in [-0.39, 0.29) is 24.0 Å². The van der Waals surface area contributed by atoms with Crippen molar-refractivity contribution in [2.45, 2.75) is 46.1 Å². The van der Waals surface area contributed by atoms with Crippen LogP contribution in [0, 0.1) is 6.92 Å². The molecule has 0 aliphatic heterocycles. The molecule has 0 N–H and O–H groups in total. The normalized spacial score (nSPS) is 9.93. The van der Waals surface area contributed by atoms with E-state index in [0.29, 0.717) is 0 Å². The third-order valence-corrected chi connectivity index (χ3v) is 2.65. The number of aromatic nitrogens is 2. The van der Waals surface area contributed by atoms with E-state index in [1.165, 1.54) is 38.1 Å². The van der Waals surface area contributed by atoms with Crippen LogP contribution in [0.5, 0.6) is 0 Å². The summed E-state index contributed by atoms with van der Waals surface area (Å²) in [5.41, 5.74) is 0. The fourth-order valence-corrected chi connectivity index (χ4v) is 1.54. The van der Waals surface area contributed by atoms with Crippen molar-refractivity contribution in [2.24, 2.45) is 7.05 Å². The maximum atomic E-state index is 2.33. The lowest BCUT2D eigenvalue weighted by atomic mass is 10.2. The van der Waals surface area contributed by atoms with Gasteiger partial charge >= 0.3 is 0 Å². The quantitative estimate of drug-likeness (QED) is 0.362. The SMILES string of the molecule is CCCCCCn1cc[n+](C)c1C.[IH2+]. The summed E-state index contributed by atoms with van der Waals surface area (Å²) < 4.78 is 4.50. The number of halogens is 1. The molecule has 0 fully saturated rings. The summed E-state index contributed by atoms with van der Waals surface area (Å²) in [6, 6.07) is 0. The summed E-state index contributed by atoms with van der Waals surface area (Å²) in [5, 5.41) is 0. The maximum absolute atomic E-state index is 2.33. The number of hydrogen-bond donors (Lipinski definition) is 0. The fourth-order valence-electron chi connectivity index (χ4n) is 1.54. The molecule has 1 heterocycles. The highest BCUT2D eigenvalue weighted by Crippen LogP contribution is 2.02. The summed E-state index contributed by atoms with van der Waals surface area (Å²) in [7, 11) is 2.10. The van der Waals surface area contributed by atoms with Crippen molar-refractivity contribution < 1.29 is 28.5 Å². The van der Waals surface area contributed by atoms with Gasteiger partial charge in [0.2, 0.25) is 24.0 Å². The first-order valence-corrected chi connectivity index (χ1v) is 5.27. The Hall–Kier alpha value is -0.0600. The third kappa shape index (κ3) is 3.98. The van der Waals surface area contributed by atoms with Gasteiger partial charge in [0.1, 0.15) is 12.4 Å². The third-order valence-electron chi connectivity index (χ3n) is 2.65. The Morgan fingerprint density at radius 1 is 1.29 bits per heavy atom. The zero-order valence-electron chi connectivity index (χ0n) is 9.53. The Morgan fingerprint density at radius 2 is 2.00 bits per heavy atom. The molecule has 0 bridgehead atoms. The molecule has 82 valence electrons. The predicted octanol–water partition coefficient (Wildman–Crippen LogP) is -1.33. The van der Waals surface area contributed by atoms with E-state index < -0.39 is 0 Å². The molecule has 0 amide bonds. The number of aryl methyl sites for hydroxylation is 2. The van der Waals surface area contributed by atoms with Crippen LogP contribution < -0.4 is 28.5 Å². The minimum Gasteiger partial charge on any atom is -0.237 e. The minimum atomic E-state index is 0. The lowest BCUT2D eigenvalue weighted by Gasteiger charge is -1.98. The molecule has 0 spiro atoms. The molecule has 0 aliphatic rings. The van der Waals surface area contributed by atoms with Crippen LogP contribution in [-0.4, -0.2) is 4.57 Å². The van der Waals surface area contributed by atoms with Crippen LogP contribution in [0.25, 0.3) is 0 Å². The Bertz CT molecular complexity index is 256. The smallest absolute Gasteiger partial charge is 0.237 e. The van der Waals surface area contributed by atoms with Crippen molar-refractivity contribution in [3.05, 3.63) is 18.2 Å². The molecule has 1 rings (SSSR count). The number of hydrogen-bond acceptors (Lipinski definition) is 0.